The monoisotopic (exact) mass is 434 g/mol. The minimum atomic E-state index is -3.85. The Hall–Kier alpha value is -2.98. The van der Waals surface area contributed by atoms with E-state index in [0.29, 0.717) is 22.7 Å². The number of carbonyl (C=O) groups excluding carboxylic acids is 1. The minimum Gasteiger partial charge on any atom is -0.468 e. The molecule has 2 heterocycles. The zero-order valence-corrected chi connectivity index (χ0v) is 18.0. The number of nitrogens with zero attached hydrogens (tertiary/aromatic N) is 3. The lowest BCUT2D eigenvalue weighted by Crippen LogP contribution is -2.27. The molecule has 0 atom stereocenters. The van der Waals surface area contributed by atoms with Crippen molar-refractivity contribution in [1.82, 2.24) is 14.1 Å². The molecular formula is C20H23FN4O4S. The summed E-state index contributed by atoms with van der Waals surface area (Å²) in [5, 5.41) is 6.82. The second-order valence-corrected chi connectivity index (χ2v) is 8.99. The van der Waals surface area contributed by atoms with Crippen molar-refractivity contribution in [3.05, 3.63) is 65.1 Å². The van der Waals surface area contributed by atoms with Gasteiger partial charge in [-0.15, -0.1) is 0 Å². The summed E-state index contributed by atoms with van der Waals surface area (Å²) in [5.74, 6) is -0.364. The highest BCUT2D eigenvalue weighted by atomic mass is 32.2. The number of halogens is 1. The Balaban J connectivity index is 1.79. The first-order valence-electron chi connectivity index (χ1n) is 9.18. The van der Waals surface area contributed by atoms with Gasteiger partial charge in [-0.2, -0.15) is 9.40 Å². The van der Waals surface area contributed by atoms with Gasteiger partial charge in [0.15, 0.2) is 0 Å². The maximum Gasteiger partial charge on any atom is 0.246 e. The fraction of sp³-hybridized carbons (Fsp3) is 0.300. The molecule has 0 radical (unpaired) electrons. The van der Waals surface area contributed by atoms with Gasteiger partial charge in [0.25, 0.3) is 0 Å². The molecule has 2 aromatic heterocycles. The zero-order valence-electron chi connectivity index (χ0n) is 17.1. The Kier molecular flexibility index (Phi) is 6.09. The standard InChI is InChI=1S/C20H23FN4O4S/c1-13-7-8-16(10-18(13)21)22-19(26)12-25-15(3)20(14(2)23-25)30(27,28)24(4)11-17-6-5-9-29-17/h5-10H,11-12H2,1-4H3,(H,22,26). The van der Waals surface area contributed by atoms with E-state index in [1.165, 1.54) is 28.4 Å². The predicted molar refractivity (Wildman–Crippen MR) is 109 cm³/mol. The smallest absolute Gasteiger partial charge is 0.246 e. The molecule has 10 heteroatoms. The SMILES string of the molecule is Cc1ccc(NC(=O)Cn2nc(C)c(S(=O)(=O)N(C)Cc3ccco3)c2C)cc1F. The molecule has 0 aliphatic rings. The third-order valence-corrected chi connectivity index (χ3v) is 6.75. The first kappa shape index (κ1) is 21.7. The Morgan fingerprint density at radius 1 is 1.27 bits per heavy atom. The molecular weight excluding hydrogens is 411 g/mol. The first-order valence-corrected chi connectivity index (χ1v) is 10.6. The lowest BCUT2D eigenvalue weighted by atomic mass is 10.2. The topological polar surface area (TPSA) is 97.4 Å². The number of hydrogen-bond acceptors (Lipinski definition) is 5. The second-order valence-electron chi connectivity index (χ2n) is 7.01. The number of aromatic nitrogens is 2. The molecule has 160 valence electrons. The maximum atomic E-state index is 13.7. The van der Waals surface area contributed by atoms with Gasteiger partial charge >= 0.3 is 0 Å². The molecule has 0 fully saturated rings. The molecule has 1 aromatic carbocycles. The van der Waals surface area contributed by atoms with Gasteiger partial charge in [-0.1, -0.05) is 6.07 Å². The van der Waals surface area contributed by atoms with Gasteiger partial charge < -0.3 is 9.73 Å². The van der Waals surface area contributed by atoms with Gasteiger partial charge in [-0.05, 0) is 50.6 Å². The summed E-state index contributed by atoms with van der Waals surface area (Å²) in [6, 6.07) is 7.76. The lowest BCUT2D eigenvalue weighted by molar-refractivity contribution is -0.116. The number of hydrogen-bond donors (Lipinski definition) is 1. The van der Waals surface area contributed by atoms with E-state index < -0.39 is 21.7 Å². The summed E-state index contributed by atoms with van der Waals surface area (Å²) < 4.78 is 47.5. The fourth-order valence-corrected chi connectivity index (χ4v) is 4.58. The molecule has 30 heavy (non-hydrogen) atoms. The number of furan rings is 1. The molecule has 0 saturated carbocycles. The number of carbonyl (C=O) groups is 1. The average Bonchev–Trinajstić information content (AvgIpc) is 3.26. The lowest BCUT2D eigenvalue weighted by Gasteiger charge is -2.16. The molecule has 0 aliphatic carbocycles. The summed E-state index contributed by atoms with van der Waals surface area (Å²) >= 11 is 0. The number of amides is 1. The van der Waals surface area contributed by atoms with E-state index in [1.807, 2.05) is 0 Å². The van der Waals surface area contributed by atoms with Gasteiger partial charge in [0, 0.05) is 12.7 Å². The molecule has 0 aliphatic heterocycles. The third-order valence-electron chi connectivity index (χ3n) is 4.69. The number of nitrogens with one attached hydrogen (secondary N) is 1. The first-order chi connectivity index (χ1) is 14.1. The van der Waals surface area contributed by atoms with Crippen molar-refractivity contribution >= 4 is 21.6 Å². The van der Waals surface area contributed by atoms with E-state index in [1.54, 1.807) is 45.0 Å². The van der Waals surface area contributed by atoms with Crippen LogP contribution in [-0.4, -0.2) is 35.5 Å². The number of sulfonamides is 1. The van der Waals surface area contributed by atoms with Gasteiger partial charge in [0.05, 0.1) is 24.2 Å². The van der Waals surface area contributed by atoms with Gasteiger partial charge in [0.2, 0.25) is 15.9 Å². The van der Waals surface area contributed by atoms with Crippen molar-refractivity contribution < 1.29 is 22.0 Å². The number of anilines is 1. The van der Waals surface area contributed by atoms with Crippen LogP contribution in [0.4, 0.5) is 10.1 Å². The van der Waals surface area contributed by atoms with Crippen LogP contribution in [-0.2, 0) is 27.9 Å². The summed E-state index contributed by atoms with van der Waals surface area (Å²) in [5.41, 5.74) is 1.41. The van der Waals surface area contributed by atoms with Crippen LogP contribution in [0, 0.1) is 26.6 Å². The predicted octanol–water partition coefficient (Wildman–Crippen LogP) is 3.00. The molecule has 0 saturated heterocycles. The molecule has 3 aromatic rings. The second kappa shape index (κ2) is 8.41. The van der Waals surface area contributed by atoms with Crippen molar-refractivity contribution in [2.75, 3.05) is 12.4 Å². The van der Waals surface area contributed by atoms with E-state index in [2.05, 4.69) is 10.4 Å². The van der Waals surface area contributed by atoms with Gasteiger partial charge in [-0.25, -0.2) is 12.8 Å². The molecule has 0 spiro atoms. The Labute approximate surface area is 174 Å². The Morgan fingerprint density at radius 3 is 2.63 bits per heavy atom. The fourth-order valence-electron chi connectivity index (χ4n) is 3.08. The van der Waals surface area contributed by atoms with Crippen LogP contribution >= 0.6 is 0 Å². The quantitative estimate of drug-likeness (QED) is 0.617. The van der Waals surface area contributed by atoms with Crippen molar-refractivity contribution in [2.24, 2.45) is 0 Å². The average molecular weight is 434 g/mol. The zero-order chi connectivity index (χ0) is 22.1. The molecule has 0 bridgehead atoms. The summed E-state index contributed by atoms with van der Waals surface area (Å²) in [4.78, 5) is 12.4. The van der Waals surface area contributed by atoms with Crippen LogP contribution in [0.2, 0.25) is 0 Å². The number of benzene rings is 1. The molecule has 8 nitrogen and oxygen atoms in total. The molecule has 1 N–H and O–H groups in total. The van der Waals surface area contributed by atoms with Crippen LogP contribution < -0.4 is 5.32 Å². The summed E-state index contributed by atoms with van der Waals surface area (Å²) in [6.45, 7) is 4.65. The maximum absolute atomic E-state index is 13.7. The number of rotatable bonds is 7. The van der Waals surface area contributed by atoms with Crippen LogP contribution in [0.5, 0.6) is 0 Å². The van der Waals surface area contributed by atoms with Gasteiger partial charge in [0.1, 0.15) is 23.0 Å². The van der Waals surface area contributed by atoms with Crippen LogP contribution in [0.25, 0.3) is 0 Å². The van der Waals surface area contributed by atoms with Crippen molar-refractivity contribution in [1.29, 1.82) is 0 Å². The van der Waals surface area contributed by atoms with Gasteiger partial charge in [-0.3, -0.25) is 9.48 Å². The van der Waals surface area contributed by atoms with Crippen molar-refractivity contribution in [2.45, 2.75) is 38.8 Å². The molecule has 3 rings (SSSR count). The normalized spacial score (nSPS) is 11.8. The minimum absolute atomic E-state index is 0.0470. The summed E-state index contributed by atoms with van der Waals surface area (Å²) in [6.07, 6.45) is 1.48. The highest BCUT2D eigenvalue weighted by molar-refractivity contribution is 7.89. The van der Waals surface area contributed by atoms with Crippen molar-refractivity contribution in [3.63, 3.8) is 0 Å². The van der Waals surface area contributed by atoms with E-state index in [9.17, 15) is 17.6 Å². The number of aryl methyl sites for hydroxylation is 2. The van der Waals surface area contributed by atoms with E-state index in [0.717, 1.165) is 0 Å². The summed E-state index contributed by atoms with van der Waals surface area (Å²) in [7, 11) is -2.40. The van der Waals surface area contributed by atoms with E-state index in [4.69, 9.17) is 4.42 Å². The van der Waals surface area contributed by atoms with Crippen LogP contribution in [0.15, 0.2) is 45.9 Å². The van der Waals surface area contributed by atoms with Crippen LogP contribution in [0.1, 0.15) is 22.7 Å². The highest BCUT2D eigenvalue weighted by Gasteiger charge is 2.29. The van der Waals surface area contributed by atoms with E-state index >= 15 is 0 Å². The molecule has 1 amide bonds. The highest BCUT2D eigenvalue weighted by Crippen LogP contribution is 2.24. The largest absolute Gasteiger partial charge is 0.468 e. The van der Waals surface area contributed by atoms with Crippen molar-refractivity contribution in [3.8, 4) is 0 Å². The Morgan fingerprint density at radius 2 is 2.00 bits per heavy atom. The van der Waals surface area contributed by atoms with Crippen LogP contribution in [0.3, 0.4) is 0 Å². The molecule has 0 unspecified atom stereocenters. The Bertz CT molecular complexity index is 1170. The third kappa shape index (κ3) is 4.44. The van der Waals surface area contributed by atoms with E-state index in [-0.39, 0.29) is 23.7 Å².